The number of carbonyl (C=O) groups excluding carboxylic acids is 2. The molecule has 1 aliphatic heterocycles. The minimum Gasteiger partial charge on any atom is -0.478 e. The van der Waals surface area contributed by atoms with Crippen molar-refractivity contribution in [1.82, 2.24) is 24.3 Å². The number of nitrogens with zero attached hydrogens (tertiary/aromatic N) is 5. The van der Waals surface area contributed by atoms with Crippen LogP contribution in [-0.2, 0) is 10.7 Å². The molecule has 0 spiro atoms. The predicted molar refractivity (Wildman–Crippen MR) is 148 cm³/mol. The third kappa shape index (κ3) is 5.59. The Morgan fingerprint density at radius 2 is 1.98 bits per heavy atom. The normalized spacial score (nSPS) is 15.0. The summed E-state index contributed by atoms with van der Waals surface area (Å²) >= 11 is 0. The summed E-state index contributed by atoms with van der Waals surface area (Å²) in [4.78, 5) is 40.6. The summed E-state index contributed by atoms with van der Waals surface area (Å²) in [5, 5.41) is 2.57. The van der Waals surface area contributed by atoms with Crippen molar-refractivity contribution < 1.29 is 23.1 Å². The summed E-state index contributed by atoms with van der Waals surface area (Å²) in [6, 6.07) is 8.80. The maximum atomic E-state index is 13.7. The van der Waals surface area contributed by atoms with E-state index < -0.39 is 11.8 Å². The first-order valence-corrected chi connectivity index (χ1v) is 13.2. The summed E-state index contributed by atoms with van der Waals surface area (Å²) in [7, 11) is 0. The van der Waals surface area contributed by atoms with Gasteiger partial charge in [-0.15, -0.1) is 0 Å². The van der Waals surface area contributed by atoms with E-state index in [2.05, 4.69) is 27.1 Å². The molecule has 0 radical (unpaired) electrons. The van der Waals surface area contributed by atoms with Crippen molar-refractivity contribution in [3.05, 3.63) is 71.9 Å². The Kier molecular flexibility index (Phi) is 7.66. The largest absolute Gasteiger partial charge is 0.478 e. The van der Waals surface area contributed by atoms with Crippen molar-refractivity contribution in [3.8, 4) is 29.0 Å². The van der Waals surface area contributed by atoms with Crippen LogP contribution in [0.2, 0.25) is 0 Å². The van der Waals surface area contributed by atoms with Gasteiger partial charge in [0.15, 0.2) is 0 Å². The summed E-state index contributed by atoms with van der Waals surface area (Å²) in [6.07, 6.45) is 6.07. The molecule has 0 bridgehead atoms. The molecule has 4 heterocycles. The van der Waals surface area contributed by atoms with Crippen LogP contribution in [0.3, 0.4) is 0 Å². The Morgan fingerprint density at radius 1 is 1.20 bits per heavy atom. The molecule has 1 aliphatic rings. The van der Waals surface area contributed by atoms with Gasteiger partial charge < -0.3 is 15.0 Å². The number of nitrogens with one attached hydrogen (secondary N) is 1. The Bertz CT molecular complexity index is 1670. The maximum Gasteiger partial charge on any atom is 0.299 e. The van der Waals surface area contributed by atoms with Gasteiger partial charge in [-0.2, -0.15) is 0 Å². The number of aromatic nitrogens is 4. The number of carbonyl (C=O) groups is 2. The molecule has 4 aromatic rings. The van der Waals surface area contributed by atoms with E-state index in [0.29, 0.717) is 41.6 Å². The summed E-state index contributed by atoms with van der Waals surface area (Å²) in [5.74, 6) is 2.69. The van der Waals surface area contributed by atoms with Gasteiger partial charge in [-0.3, -0.25) is 19.0 Å². The number of halogens is 2. The highest BCUT2D eigenvalue weighted by Gasteiger charge is 2.34. The van der Waals surface area contributed by atoms with Gasteiger partial charge in [-0.1, -0.05) is 18.1 Å². The van der Waals surface area contributed by atoms with E-state index in [9.17, 15) is 18.4 Å². The van der Waals surface area contributed by atoms with Crippen LogP contribution in [0.4, 0.5) is 14.6 Å². The highest BCUT2D eigenvalue weighted by Crippen LogP contribution is 2.37. The number of fused-ring (bicyclic) bond motifs is 1. The third-order valence-corrected chi connectivity index (χ3v) is 6.81. The first-order chi connectivity index (χ1) is 19.7. The number of hydrogen-bond donors (Lipinski definition) is 1. The van der Waals surface area contributed by atoms with E-state index in [1.807, 2.05) is 11.3 Å². The second kappa shape index (κ2) is 11.3. The van der Waals surface area contributed by atoms with Crippen LogP contribution in [0, 0.1) is 11.8 Å². The lowest BCUT2D eigenvalue weighted by Gasteiger charge is -2.22. The van der Waals surface area contributed by atoms with E-state index in [4.69, 9.17) is 9.72 Å². The minimum absolute atomic E-state index is 0.0285. The molecule has 1 fully saturated rings. The standard InChI is InChI=1S/C30H28F2N6O3/c1-4-7-25(39)37-15-6-8-22(37)28-36-27(23-17-33-18-26(38(23)28)41-5-2)19-9-11-20(12-10-19)29(40)35-24-16-21(13-14-34-24)30(3,31)32/h9-14,16-18,22H,5-6,8,15H2,1-3H3,(H,34,35,40)/t22-/m0/s1. The Labute approximate surface area is 235 Å². The number of benzene rings is 1. The lowest BCUT2D eigenvalue weighted by atomic mass is 10.1. The molecule has 1 atom stereocenters. The van der Waals surface area contributed by atoms with E-state index in [0.717, 1.165) is 31.4 Å². The molecule has 0 unspecified atom stereocenters. The lowest BCUT2D eigenvalue weighted by Crippen LogP contribution is -2.30. The van der Waals surface area contributed by atoms with Gasteiger partial charge in [0.25, 0.3) is 17.7 Å². The molecule has 3 aromatic heterocycles. The van der Waals surface area contributed by atoms with Crippen molar-refractivity contribution in [3.63, 3.8) is 0 Å². The van der Waals surface area contributed by atoms with Gasteiger partial charge in [0.1, 0.15) is 11.6 Å². The Hall–Kier alpha value is -4.85. The van der Waals surface area contributed by atoms with Crippen molar-refractivity contribution in [2.24, 2.45) is 0 Å². The second-order valence-electron chi connectivity index (χ2n) is 9.60. The molecule has 41 heavy (non-hydrogen) atoms. The zero-order valence-electron chi connectivity index (χ0n) is 22.8. The average molecular weight is 559 g/mol. The van der Waals surface area contributed by atoms with Crippen LogP contribution >= 0.6 is 0 Å². The van der Waals surface area contributed by atoms with Gasteiger partial charge in [-0.05, 0) is 56.9 Å². The first kappa shape index (κ1) is 27.7. The molecule has 1 aromatic carbocycles. The second-order valence-corrected chi connectivity index (χ2v) is 9.60. The molecule has 11 heteroatoms. The molecule has 0 saturated carbocycles. The quantitative estimate of drug-likeness (QED) is 0.311. The number of pyridine rings is 1. The highest BCUT2D eigenvalue weighted by molar-refractivity contribution is 6.04. The van der Waals surface area contributed by atoms with Crippen LogP contribution in [0.25, 0.3) is 16.8 Å². The van der Waals surface area contributed by atoms with Gasteiger partial charge in [0.05, 0.1) is 36.3 Å². The van der Waals surface area contributed by atoms with Crippen LogP contribution in [-0.4, -0.2) is 49.2 Å². The Morgan fingerprint density at radius 3 is 2.68 bits per heavy atom. The molecule has 1 saturated heterocycles. The number of likely N-dealkylation sites (tertiary alicyclic amines) is 1. The van der Waals surface area contributed by atoms with Crippen molar-refractivity contribution >= 4 is 23.1 Å². The lowest BCUT2D eigenvalue weighted by molar-refractivity contribution is -0.126. The summed E-state index contributed by atoms with van der Waals surface area (Å²) in [6.45, 7) is 5.29. The zero-order valence-corrected chi connectivity index (χ0v) is 22.8. The molecule has 1 N–H and O–H groups in total. The first-order valence-electron chi connectivity index (χ1n) is 13.2. The fourth-order valence-corrected chi connectivity index (χ4v) is 4.91. The van der Waals surface area contributed by atoms with Crippen molar-refractivity contribution in [1.29, 1.82) is 0 Å². The Balaban J connectivity index is 1.49. The fraction of sp³-hybridized carbons (Fsp3) is 0.300. The van der Waals surface area contributed by atoms with Crippen molar-refractivity contribution in [2.75, 3.05) is 18.5 Å². The predicted octanol–water partition coefficient (Wildman–Crippen LogP) is 5.24. The van der Waals surface area contributed by atoms with Gasteiger partial charge >= 0.3 is 0 Å². The van der Waals surface area contributed by atoms with E-state index in [1.165, 1.54) is 12.3 Å². The highest BCUT2D eigenvalue weighted by atomic mass is 19.3. The van der Waals surface area contributed by atoms with Crippen LogP contribution in [0.15, 0.2) is 55.0 Å². The SMILES string of the molecule is CC#CC(=O)N1CCC[C@H]1c1nc(-c2ccc(C(=O)Nc3cc(C(C)(F)F)ccn3)cc2)c2cncc(OCC)n12. The molecular weight excluding hydrogens is 530 g/mol. The monoisotopic (exact) mass is 558 g/mol. The zero-order chi connectivity index (χ0) is 29.1. The number of alkyl halides is 2. The van der Waals surface area contributed by atoms with Crippen molar-refractivity contribution in [2.45, 2.75) is 45.6 Å². The number of ether oxygens (including phenoxy) is 1. The van der Waals surface area contributed by atoms with E-state index in [1.54, 1.807) is 48.5 Å². The summed E-state index contributed by atoms with van der Waals surface area (Å²) < 4.78 is 35.1. The number of imidazole rings is 1. The molecule has 0 aliphatic carbocycles. The molecule has 5 rings (SSSR count). The van der Waals surface area contributed by atoms with E-state index >= 15 is 0 Å². The van der Waals surface area contributed by atoms with Crippen LogP contribution in [0.5, 0.6) is 5.88 Å². The van der Waals surface area contributed by atoms with E-state index in [-0.39, 0.29) is 23.3 Å². The number of anilines is 1. The van der Waals surface area contributed by atoms with Gasteiger partial charge in [0, 0.05) is 36.4 Å². The average Bonchev–Trinajstić information content (AvgIpc) is 3.59. The maximum absolute atomic E-state index is 13.7. The molecule has 2 amide bonds. The number of amides is 2. The van der Waals surface area contributed by atoms with Gasteiger partial charge in [-0.25, -0.2) is 18.7 Å². The molecule has 9 nitrogen and oxygen atoms in total. The molecule has 210 valence electrons. The number of rotatable bonds is 7. The number of hydrogen-bond acceptors (Lipinski definition) is 6. The van der Waals surface area contributed by atoms with Crippen LogP contribution in [0.1, 0.15) is 61.4 Å². The topological polar surface area (TPSA) is 102 Å². The van der Waals surface area contributed by atoms with Crippen LogP contribution < -0.4 is 10.1 Å². The third-order valence-electron chi connectivity index (χ3n) is 6.81. The summed E-state index contributed by atoms with van der Waals surface area (Å²) in [5.41, 5.74) is 2.08. The smallest absolute Gasteiger partial charge is 0.299 e. The molecular formula is C30H28F2N6O3. The fourth-order valence-electron chi connectivity index (χ4n) is 4.91. The van der Waals surface area contributed by atoms with Gasteiger partial charge in [0.2, 0.25) is 5.88 Å². The minimum atomic E-state index is -3.06.